The van der Waals surface area contributed by atoms with Gasteiger partial charge < -0.3 is 0 Å². The molecule has 0 spiro atoms. The maximum absolute atomic E-state index is 11.5. The van der Waals surface area contributed by atoms with Crippen molar-refractivity contribution in [1.29, 1.82) is 0 Å². The van der Waals surface area contributed by atoms with E-state index in [0.29, 0.717) is 0 Å². The summed E-state index contributed by atoms with van der Waals surface area (Å²) in [6.45, 7) is 9.94. The molecule has 0 aliphatic heterocycles. The highest BCUT2D eigenvalue weighted by molar-refractivity contribution is 7.25. The Balaban J connectivity index is 3.41. The highest BCUT2D eigenvalue weighted by Crippen LogP contribution is 2.41. The van der Waals surface area contributed by atoms with Crippen LogP contribution in [-0.4, -0.2) is 9.97 Å². The summed E-state index contributed by atoms with van der Waals surface area (Å²) in [4.78, 5) is 9.06. The summed E-state index contributed by atoms with van der Waals surface area (Å²) in [5, 5.41) is -0.366. The van der Waals surface area contributed by atoms with Crippen molar-refractivity contribution in [2.24, 2.45) is 0 Å². The second kappa shape index (κ2) is 5.01. The highest BCUT2D eigenvalue weighted by atomic mass is 31.1. The Morgan fingerprint density at radius 2 is 1.50 bits per heavy atom. The first-order valence-electron chi connectivity index (χ1n) is 5.67. The van der Waals surface area contributed by atoms with E-state index >= 15 is 0 Å². The molecule has 0 aromatic carbocycles. The van der Waals surface area contributed by atoms with Crippen molar-refractivity contribution in [2.45, 2.75) is 52.6 Å². The van der Waals surface area contributed by atoms with Crippen molar-refractivity contribution in [1.82, 2.24) is 9.97 Å². The van der Waals surface area contributed by atoms with Crippen LogP contribution in [0, 0.1) is 20.8 Å². The molecule has 0 aliphatic rings. The van der Waals surface area contributed by atoms with Crippen LogP contribution in [0.15, 0.2) is 0 Å². The van der Waals surface area contributed by atoms with Crippen LogP contribution in [-0.2, 0) is 9.72 Å². The van der Waals surface area contributed by atoms with Gasteiger partial charge in [0.05, 0.1) is 27.9 Å². The van der Waals surface area contributed by atoms with Gasteiger partial charge in [0.1, 0.15) is 0 Å². The van der Waals surface area contributed by atoms with Crippen LogP contribution in [0.25, 0.3) is 0 Å². The van der Waals surface area contributed by atoms with E-state index in [1.165, 1.54) is 0 Å². The topological polar surface area (TPSA) is 42.9 Å². The molecular weight excluding hydrogens is 219 g/mol. The molecule has 0 amide bonds. The largest absolute Gasteiger partial charge is 0.274 e. The number of aromatic nitrogens is 2. The number of hydrogen-bond donors (Lipinski definition) is 0. The van der Waals surface area contributed by atoms with Gasteiger partial charge in [-0.3, -0.25) is 14.5 Å². The lowest BCUT2D eigenvalue weighted by atomic mass is 9.96. The average molecular weight is 238 g/mol. The van der Waals surface area contributed by atoms with Gasteiger partial charge in [-0.1, -0.05) is 13.8 Å². The smallest absolute Gasteiger partial charge is 0.168 e. The summed E-state index contributed by atoms with van der Waals surface area (Å²) in [6, 6.07) is 0. The quantitative estimate of drug-likeness (QED) is 0.751. The van der Waals surface area contributed by atoms with Crippen LogP contribution in [0.4, 0.5) is 0 Å². The Bertz CT molecular complexity index is 400. The molecule has 88 valence electrons. The van der Waals surface area contributed by atoms with Gasteiger partial charge in [-0.15, -0.1) is 0 Å². The fraction of sp³-hybridized carbons (Fsp3) is 0.667. The molecule has 1 heterocycles. The highest BCUT2D eigenvalue weighted by Gasteiger charge is 2.33. The Kier molecular flexibility index (Phi) is 4.15. The molecule has 16 heavy (non-hydrogen) atoms. The second-order valence-electron chi connectivity index (χ2n) is 4.16. The van der Waals surface area contributed by atoms with Crippen molar-refractivity contribution in [3.05, 3.63) is 22.8 Å². The zero-order valence-corrected chi connectivity index (χ0v) is 11.6. The standard InChI is InChI=1S/C12H19N2OP/c1-6-12(7-2,16-15)11-10(5)13-8(3)9(4)14-11/h6-7H2,1-5H3. The molecule has 1 aromatic heterocycles. The molecule has 0 saturated heterocycles. The molecule has 0 N–H and O–H groups in total. The summed E-state index contributed by atoms with van der Waals surface area (Å²) in [6.07, 6.45) is 1.62. The van der Waals surface area contributed by atoms with E-state index in [1.807, 2.05) is 34.6 Å². The van der Waals surface area contributed by atoms with Crippen LogP contribution in [0.5, 0.6) is 0 Å². The molecule has 3 nitrogen and oxygen atoms in total. The van der Waals surface area contributed by atoms with Gasteiger partial charge in [0.15, 0.2) is 8.46 Å². The van der Waals surface area contributed by atoms with Gasteiger partial charge in [-0.05, 0) is 33.6 Å². The lowest BCUT2D eigenvalue weighted by molar-refractivity contribution is 0.506. The summed E-state index contributed by atoms with van der Waals surface area (Å²) in [7, 11) is 0.140. The van der Waals surface area contributed by atoms with E-state index in [9.17, 15) is 4.57 Å². The minimum Gasteiger partial charge on any atom is -0.274 e. The fourth-order valence-electron chi connectivity index (χ4n) is 1.91. The minimum atomic E-state index is -0.366. The van der Waals surface area contributed by atoms with Crippen molar-refractivity contribution >= 4 is 8.46 Å². The molecular formula is C12H19N2OP. The van der Waals surface area contributed by atoms with Crippen LogP contribution in [0.2, 0.25) is 0 Å². The van der Waals surface area contributed by atoms with E-state index < -0.39 is 0 Å². The van der Waals surface area contributed by atoms with Crippen LogP contribution in [0.3, 0.4) is 0 Å². The third kappa shape index (κ3) is 2.15. The summed E-state index contributed by atoms with van der Waals surface area (Å²) < 4.78 is 11.5. The Morgan fingerprint density at radius 3 is 1.94 bits per heavy atom. The minimum absolute atomic E-state index is 0.140. The lowest BCUT2D eigenvalue weighted by Gasteiger charge is -2.25. The molecule has 0 fully saturated rings. The van der Waals surface area contributed by atoms with Crippen LogP contribution < -0.4 is 0 Å². The second-order valence-corrected chi connectivity index (χ2v) is 5.20. The normalized spacial score (nSPS) is 12.1. The van der Waals surface area contributed by atoms with E-state index in [1.54, 1.807) is 0 Å². The van der Waals surface area contributed by atoms with Crippen LogP contribution >= 0.6 is 8.46 Å². The molecule has 0 unspecified atom stereocenters. The molecule has 1 aromatic rings. The summed E-state index contributed by atoms with van der Waals surface area (Å²) in [5.74, 6) is 0. The van der Waals surface area contributed by atoms with Crippen LogP contribution in [0.1, 0.15) is 49.5 Å². The van der Waals surface area contributed by atoms with Crippen molar-refractivity contribution < 1.29 is 4.57 Å². The zero-order valence-electron chi connectivity index (χ0n) is 10.7. The van der Waals surface area contributed by atoms with Gasteiger partial charge in [0.25, 0.3) is 0 Å². The summed E-state index contributed by atoms with van der Waals surface area (Å²) in [5.41, 5.74) is 3.66. The van der Waals surface area contributed by atoms with Crippen molar-refractivity contribution in [3.8, 4) is 0 Å². The Labute approximate surface area is 98.9 Å². The molecule has 4 heteroatoms. The Morgan fingerprint density at radius 1 is 1.00 bits per heavy atom. The molecule has 0 atom stereocenters. The maximum atomic E-state index is 11.5. The molecule has 0 aliphatic carbocycles. The SMILES string of the molecule is CCC(CC)(P=O)c1nc(C)c(C)nc1C. The Hall–Kier alpha value is -0.820. The maximum Gasteiger partial charge on any atom is 0.168 e. The van der Waals surface area contributed by atoms with E-state index in [-0.39, 0.29) is 13.6 Å². The van der Waals surface area contributed by atoms with E-state index in [2.05, 4.69) is 9.97 Å². The fourth-order valence-corrected chi connectivity index (χ4v) is 2.47. The van der Waals surface area contributed by atoms with E-state index in [4.69, 9.17) is 0 Å². The number of hydrogen-bond acceptors (Lipinski definition) is 3. The predicted molar refractivity (Wildman–Crippen MR) is 66.1 cm³/mol. The first-order valence-corrected chi connectivity index (χ1v) is 6.48. The zero-order chi connectivity index (χ0) is 12.3. The van der Waals surface area contributed by atoms with E-state index in [0.717, 1.165) is 35.6 Å². The third-order valence-electron chi connectivity index (χ3n) is 3.27. The molecule has 0 bridgehead atoms. The molecule has 0 radical (unpaired) electrons. The van der Waals surface area contributed by atoms with Crippen molar-refractivity contribution in [3.63, 3.8) is 0 Å². The number of aryl methyl sites for hydroxylation is 3. The lowest BCUT2D eigenvalue weighted by Crippen LogP contribution is -2.21. The molecule has 1 rings (SSSR count). The first-order chi connectivity index (χ1) is 7.50. The number of nitrogens with zero attached hydrogens (tertiary/aromatic N) is 2. The average Bonchev–Trinajstić information content (AvgIpc) is 2.28. The van der Waals surface area contributed by atoms with Crippen molar-refractivity contribution in [2.75, 3.05) is 0 Å². The van der Waals surface area contributed by atoms with Gasteiger partial charge in [-0.25, -0.2) is 0 Å². The first kappa shape index (κ1) is 13.2. The summed E-state index contributed by atoms with van der Waals surface area (Å²) >= 11 is 0. The number of rotatable bonds is 4. The third-order valence-corrected chi connectivity index (χ3v) is 4.46. The predicted octanol–water partition coefficient (Wildman–Crippen LogP) is 3.71. The van der Waals surface area contributed by atoms with Gasteiger partial charge in [0, 0.05) is 0 Å². The molecule has 0 saturated carbocycles. The van der Waals surface area contributed by atoms with Gasteiger partial charge in [0.2, 0.25) is 0 Å². The monoisotopic (exact) mass is 238 g/mol. The van der Waals surface area contributed by atoms with Gasteiger partial charge in [-0.2, -0.15) is 0 Å². The van der Waals surface area contributed by atoms with Gasteiger partial charge >= 0.3 is 0 Å².